The molecule has 2 aromatic rings. The van der Waals surface area contributed by atoms with Crippen molar-refractivity contribution in [3.63, 3.8) is 0 Å². The van der Waals surface area contributed by atoms with Crippen molar-refractivity contribution in [3.8, 4) is 11.1 Å². The summed E-state index contributed by atoms with van der Waals surface area (Å²) in [6, 6.07) is 8.21. The molecule has 1 aliphatic heterocycles. The lowest BCUT2D eigenvalue weighted by Gasteiger charge is -2.25. The molecule has 0 unspecified atom stereocenters. The fourth-order valence-corrected chi connectivity index (χ4v) is 3.33. The number of rotatable bonds is 5. The van der Waals surface area contributed by atoms with Gasteiger partial charge in [0, 0.05) is 29.3 Å². The Bertz CT molecular complexity index is 885. The molecule has 3 rings (SSSR count). The lowest BCUT2D eigenvalue weighted by atomic mass is 10.0. The molecular weight excluding hydrogens is 327 g/mol. The van der Waals surface area contributed by atoms with Gasteiger partial charge in [0.25, 0.3) is 0 Å². The van der Waals surface area contributed by atoms with Crippen molar-refractivity contribution in [3.05, 3.63) is 59.2 Å². The molecule has 0 bridgehead atoms. The predicted molar refractivity (Wildman–Crippen MR) is 107 cm³/mol. The van der Waals surface area contributed by atoms with Gasteiger partial charge in [0.1, 0.15) is 6.67 Å². The average Bonchev–Trinajstić information content (AvgIpc) is 2.69. The SMILES string of the molecule is C=C/C=c1/cc(-c2ccnc(CF)c2)cc(NC2CCNCC2)/c1=C/N. The second-order valence-electron chi connectivity index (χ2n) is 6.43. The number of nitrogens with zero attached hydrogens (tertiary/aromatic N) is 1. The van der Waals surface area contributed by atoms with Crippen molar-refractivity contribution in [2.45, 2.75) is 25.6 Å². The quantitative estimate of drug-likeness (QED) is 0.771. The van der Waals surface area contributed by atoms with E-state index in [-0.39, 0.29) is 0 Å². The molecular formula is C21H25FN4. The van der Waals surface area contributed by atoms with Crippen molar-refractivity contribution in [2.24, 2.45) is 5.73 Å². The maximum atomic E-state index is 13.0. The van der Waals surface area contributed by atoms with Crippen LogP contribution < -0.4 is 26.8 Å². The van der Waals surface area contributed by atoms with Crippen LogP contribution in [-0.4, -0.2) is 24.1 Å². The summed E-state index contributed by atoms with van der Waals surface area (Å²) in [7, 11) is 0. The number of pyridine rings is 1. The number of piperidine rings is 1. The maximum absolute atomic E-state index is 13.0. The summed E-state index contributed by atoms with van der Waals surface area (Å²) in [5.74, 6) is 0. The number of hydrogen-bond acceptors (Lipinski definition) is 4. The van der Waals surface area contributed by atoms with Crippen LogP contribution in [0, 0.1) is 0 Å². The highest BCUT2D eigenvalue weighted by atomic mass is 19.1. The summed E-state index contributed by atoms with van der Waals surface area (Å²) >= 11 is 0. The van der Waals surface area contributed by atoms with Gasteiger partial charge in [-0.15, -0.1) is 0 Å². The Balaban J connectivity index is 2.10. The Morgan fingerprint density at radius 2 is 2.08 bits per heavy atom. The Labute approximate surface area is 153 Å². The van der Waals surface area contributed by atoms with Gasteiger partial charge in [0.2, 0.25) is 0 Å². The fourth-order valence-electron chi connectivity index (χ4n) is 3.33. The monoisotopic (exact) mass is 352 g/mol. The highest BCUT2D eigenvalue weighted by molar-refractivity contribution is 5.70. The van der Waals surface area contributed by atoms with Crippen LogP contribution in [0.4, 0.5) is 10.1 Å². The minimum absolute atomic E-state index is 0.403. The van der Waals surface area contributed by atoms with Gasteiger partial charge in [0.05, 0.1) is 5.69 Å². The van der Waals surface area contributed by atoms with Gasteiger partial charge in [0.15, 0.2) is 0 Å². The van der Waals surface area contributed by atoms with Crippen LogP contribution in [0.3, 0.4) is 0 Å². The van der Waals surface area contributed by atoms with Crippen molar-refractivity contribution >= 4 is 18.0 Å². The molecule has 0 aliphatic carbocycles. The Kier molecular flexibility index (Phi) is 6.02. The first-order chi connectivity index (χ1) is 12.7. The van der Waals surface area contributed by atoms with Gasteiger partial charge in [-0.25, -0.2) is 4.39 Å². The van der Waals surface area contributed by atoms with Crippen LogP contribution in [-0.2, 0) is 6.67 Å². The van der Waals surface area contributed by atoms with Crippen LogP contribution in [0.1, 0.15) is 18.5 Å². The summed E-state index contributed by atoms with van der Waals surface area (Å²) in [6.07, 6.45) is 9.09. The van der Waals surface area contributed by atoms with Crippen LogP contribution in [0.25, 0.3) is 23.4 Å². The molecule has 1 aromatic carbocycles. The van der Waals surface area contributed by atoms with Crippen LogP contribution in [0.5, 0.6) is 0 Å². The third kappa shape index (κ3) is 4.11. The first-order valence-electron chi connectivity index (χ1n) is 8.92. The van der Waals surface area contributed by atoms with Crippen LogP contribution in [0.2, 0.25) is 0 Å². The maximum Gasteiger partial charge on any atom is 0.131 e. The summed E-state index contributed by atoms with van der Waals surface area (Å²) in [6.45, 7) is 5.25. The second kappa shape index (κ2) is 8.63. The van der Waals surface area contributed by atoms with E-state index in [2.05, 4.69) is 28.3 Å². The zero-order valence-electron chi connectivity index (χ0n) is 14.8. The van der Waals surface area contributed by atoms with E-state index in [0.29, 0.717) is 11.7 Å². The lowest BCUT2D eigenvalue weighted by Crippen LogP contribution is -2.38. The van der Waals surface area contributed by atoms with Gasteiger partial charge in [-0.3, -0.25) is 4.98 Å². The van der Waals surface area contributed by atoms with E-state index in [1.165, 1.54) is 0 Å². The Morgan fingerprint density at radius 1 is 1.27 bits per heavy atom. The number of halogens is 1. The minimum Gasteiger partial charge on any atom is -0.404 e. The highest BCUT2D eigenvalue weighted by Crippen LogP contribution is 2.21. The van der Waals surface area contributed by atoms with E-state index in [1.807, 2.05) is 18.2 Å². The lowest BCUT2D eigenvalue weighted by molar-refractivity contribution is 0.476. The number of benzene rings is 1. The summed E-state index contributed by atoms with van der Waals surface area (Å²) in [4.78, 5) is 4.04. The normalized spacial score (nSPS) is 16.7. The molecule has 5 heteroatoms. The molecule has 0 spiro atoms. The predicted octanol–water partition coefficient (Wildman–Crippen LogP) is 2.05. The molecule has 4 nitrogen and oxygen atoms in total. The number of anilines is 1. The first-order valence-corrected chi connectivity index (χ1v) is 8.92. The van der Waals surface area contributed by atoms with E-state index < -0.39 is 6.67 Å². The molecule has 2 heterocycles. The fraction of sp³-hybridized carbons (Fsp3) is 0.286. The van der Waals surface area contributed by atoms with Crippen molar-refractivity contribution in [1.29, 1.82) is 0 Å². The average molecular weight is 352 g/mol. The Morgan fingerprint density at radius 3 is 2.77 bits per heavy atom. The molecule has 1 fully saturated rings. The molecule has 0 amide bonds. The zero-order chi connectivity index (χ0) is 18.4. The number of alkyl halides is 1. The van der Waals surface area contributed by atoms with E-state index in [4.69, 9.17) is 5.73 Å². The van der Waals surface area contributed by atoms with Gasteiger partial charge in [-0.1, -0.05) is 18.7 Å². The van der Waals surface area contributed by atoms with Crippen LogP contribution in [0.15, 0.2) is 43.1 Å². The summed E-state index contributed by atoms with van der Waals surface area (Å²) in [5.41, 5.74) is 9.28. The van der Waals surface area contributed by atoms with E-state index in [9.17, 15) is 4.39 Å². The second-order valence-corrected chi connectivity index (χ2v) is 6.43. The van der Waals surface area contributed by atoms with Gasteiger partial charge in [-0.05, 0) is 66.5 Å². The number of hydrogen-bond donors (Lipinski definition) is 3. The molecule has 0 radical (unpaired) electrons. The molecule has 0 atom stereocenters. The molecule has 26 heavy (non-hydrogen) atoms. The molecule has 136 valence electrons. The van der Waals surface area contributed by atoms with E-state index >= 15 is 0 Å². The van der Waals surface area contributed by atoms with Crippen molar-refractivity contribution < 1.29 is 4.39 Å². The topological polar surface area (TPSA) is 63.0 Å². The largest absolute Gasteiger partial charge is 0.404 e. The van der Waals surface area contributed by atoms with E-state index in [1.54, 1.807) is 24.5 Å². The highest BCUT2D eigenvalue weighted by Gasteiger charge is 2.14. The molecule has 1 aromatic heterocycles. The van der Waals surface area contributed by atoms with Gasteiger partial charge >= 0.3 is 0 Å². The molecule has 1 saturated heterocycles. The molecule has 4 N–H and O–H groups in total. The van der Waals surface area contributed by atoms with Crippen molar-refractivity contribution in [1.82, 2.24) is 10.3 Å². The molecule has 1 aliphatic rings. The number of nitrogens with two attached hydrogens (primary N) is 1. The molecule has 0 saturated carbocycles. The van der Waals surface area contributed by atoms with Crippen molar-refractivity contribution in [2.75, 3.05) is 18.4 Å². The third-order valence-corrected chi connectivity index (χ3v) is 4.66. The van der Waals surface area contributed by atoms with E-state index in [0.717, 1.165) is 53.2 Å². The number of aromatic nitrogens is 1. The van der Waals surface area contributed by atoms with Crippen LogP contribution >= 0.6 is 0 Å². The number of nitrogens with one attached hydrogen (secondary N) is 2. The smallest absolute Gasteiger partial charge is 0.131 e. The summed E-state index contributed by atoms with van der Waals surface area (Å²) in [5, 5.41) is 8.95. The van der Waals surface area contributed by atoms with Gasteiger partial charge < -0.3 is 16.4 Å². The third-order valence-electron chi connectivity index (χ3n) is 4.66. The summed E-state index contributed by atoms with van der Waals surface area (Å²) < 4.78 is 13.0. The Hall–Kier alpha value is -2.66. The number of allylic oxidation sites excluding steroid dienone is 1. The van der Waals surface area contributed by atoms with Gasteiger partial charge in [-0.2, -0.15) is 0 Å². The minimum atomic E-state index is -0.575. The zero-order valence-corrected chi connectivity index (χ0v) is 14.8. The first kappa shape index (κ1) is 18.1. The standard InChI is InChI=1S/C21H25FN4/c1-2-3-16-10-17(15-4-9-25-19(11-15)13-22)12-21(20(16)14-23)26-18-5-7-24-8-6-18/h2-4,9-12,14,18,24,26H,1,5-8,13,23H2/b16-3-,20-14+.